The average Bonchev–Trinajstić information content (AvgIpc) is 2.98. The van der Waals surface area contributed by atoms with E-state index in [0.29, 0.717) is 31.8 Å². The summed E-state index contributed by atoms with van der Waals surface area (Å²) < 4.78 is 10.4. The zero-order chi connectivity index (χ0) is 20.4. The second kappa shape index (κ2) is 11.1. The van der Waals surface area contributed by atoms with Gasteiger partial charge in [-0.1, -0.05) is 23.9 Å². The number of carboxylic acids is 1. The molecule has 1 aromatic rings. The predicted octanol–water partition coefficient (Wildman–Crippen LogP) is 1.80. The number of esters is 1. The third-order valence-electron chi connectivity index (χ3n) is 3.45. The lowest BCUT2D eigenvalue weighted by atomic mass is 10.2. The van der Waals surface area contributed by atoms with Crippen LogP contribution in [-0.2, 0) is 19.1 Å². The van der Waals surface area contributed by atoms with Gasteiger partial charge in [0.15, 0.2) is 5.17 Å². The molecule has 28 heavy (non-hydrogen) atoms. The highest BCUT2D eigenvalue weighted by atomic mass is 32.2. The number of benzene rings is 1. The molecule has 1 aliphatic heterocycles. The Labute approximate surface area is 166 Å². The normalized spacial score (nSPS) is 17.7. The minimum atomic E-state index is -1.04. The zero-order valence-electron chi connectivity index (χ0n) is 15.3. The summed E-state index contributed by atoms with van der Waals surface area (Å²) in [4.78, 5) is 33.6. The summed E-state index contributed by atoms with van der Waals surface area (Å²) in [6, 6.07) is 7.16. The van der Waals surface area contributed by atoms with Crippen molar-refractivity contribution in [1.82, 2.24) is 5.32 Å². The molecule has 1 atom stereocenters. The maximum atomic E-state index is 11.6. The molecular formula is C18H21N3O6S. The van der Waals surface area contributed by atoms with Crippen LogP contribution in [0.15, 0.2) is 34.5 Å². The molecule has 0 aliphatic carbocycles. The van der Waals surface area contributed by atoms with Crippen molar-refractivity contribution in [2.75, 3.05) is 13.2 Å². The summed E-state index contributed by atoms with van der Waals surface area (Å²) in [5.74, 6) is -1.05. The van der Waals surface area contributed by atoms with Crippen molar-refractivity contribution >= 4 is 41.0 Å². The molecule has 0 saturated carbocycles. The standard InChI is InChI=1S/C18H21N3O6S/c1-2-26-16(24)7-4-8-27-13-6-3-5-12(9-13)11-19-21-18-20-17(25)14(28-18)10-15(22)23/h3,5-6,9,11,14H,2,4,7-8,10H2,1H3,(H,22,23)(H,20,21,25). The van der Waals surface area contributed by atoms with Gasteiger partial charge in [0.2, 0.25) is 5.91 Å². The summed E-state index contributed by atoms with van der Waals surface area (Å²) in [5.41, 5.74) is 0.739. The molecule has 1 aliphatic rings. The molecule has 1 aromatic carbocycles. The number of amides is 1. The van der Waals surface area contributed by atoms with Gasteiger partial charge < -0.3 is 19.9 Å². The van der Waals surface area contributed by atoms with E-state index in [1.54, 1.807) is 25.1 Å². The molecule has 1 saturated heterocycles. The van der Waals surface area contributed by atoms with Crippen molar-refractivity contribution in [2.45, 2.75) is 31.4 Å². The lowest BCUT2D eigenvalue weighted by Crippen LogP contribution is -2.26. The Bertz CT molecular complexity index is 780. The molecule has 10 heteroatoms. The highest BCUT2D eigenvalue weighted by Crippen LogP contribution is 2.22. The molecule has 1 amide bonds. The molecule has 1 fully saturated rings. The van der Waals surface area contributed by atoms with Gasteiger partial charge in [-0.15, -0.1) is 5.10 Å². The van der Waals surface area contributed by atoms with Crippen molar-refractivity contribution in [1.29, 1.82) is 0 Å². The van der Waals surface area contributed by atoms with Crippen LogP contribution < -0.4 is 10.1 Å². The largest absolute Gasteiger partial charge is 0.494 e. The van der Waals surface area contributed by atoms with Crippen molar-refractivity contribution in [3.63, 3.8) is 0 Å². The first-order chi connectivity index (χ1) is 13.5. The van der Waals surface area contributed by atoms with Crippen LogP contribution in [0.25, 0.3) is 0 Å². The second-order valence-corrected chi connectivity index (χ2v) is 6.86. The van der Waals surface area contributed by atoms with E-state index >= 15 is 0 Å². The number of carbonyl (C=O) groups excluding carboxylic acids is 2. The fraction of sp³-hybridized carbons (Fsp3) is 0.389. The average molecular weight is 407 g/mol. The summed E-state index contributed by atoms with van der Waals surface area (Å²) in [5, 5.41) is 18.6. The molecule has 0 radical (unpaired) electrons. The van der Waals surface area contributed by atoms with Gasteiger partial charge in [-0.25, -0.2) is 0 Å². The predicted molar refractivity (Wildman–Crippen MR) is 105 cm³/mol. The summed E-state index contributed by atoms with van der Waals surface area (Å²) in [7, 11) is 0. The molecule has 1 unspecified atom stereocenters. The van der Waals surface area contributed by atoms with Crippen LogP contribution in [0.5, 0.6) is 5.75 Å². The molecule has 150 valence electrons. The zero-order valence-corrected chi connectivity index (χ0v) is 16.1. The van der Waals surface area contributed by atoms with Crippen LogP contribution in [0, 0.1) is 0 Å². The lowest BCUT2D eigenvalue weighted by Gasteiger charge is -2.06. The molecule has 0 aromatic heterocycles. The van der Waals surface area contributed by atoms with Crippen LogP contribution in [0.1, 0.15) is 31.7 Å². The van der Waals surface area contributed by atoms with Crippen LogP contribution in [-0.4, -0.2) is 52.8 Å². The fourth-order valence-corrected chi connectivity index (χ4v) is 3.13. The number of aliphatic carboxylic acids is 1. The first-order valence-electron chi connectivity index (χ1n) is 8.66. The van der Waals surface area contributed by atoms with Gasteiger partial charge in [0.05, 0.1) is 25.8 Å². The third kappa shape index (κ3) is 7.39. The van der Waals surface area contributed by atoms with Gasteiger partial charge in [0.25, 0.3) is 0 Å². The fourth-order valence-electron chi connectivity index (χ4n) is 2.22. The molecule has 9 nitrogen and oxygen atoms in total. The number of nitrogens with one attached hydrogen (secondary N) is 1. The maximum Gasteiger partial charge on any atom is 0.305 e. The Morgan fingerprint density at radius 3 is 2.96 bits per heavy atom. The van der Waals surface area contributed by atoms with E-state index in [0.717, 1.165) is 17.3 Å². The van der Waals surface area contributed by atoms with Crippen molar-refractivity contribution < 1.29 is 29.0 Å². The number of ether oxygens (including phenoxy) is 2. The van der Waals surface area contributed by atoms with Gasteiger partial charge in [0.1, 0.15) is 11.0 Å². The number of amidine groups is 1. The van der Waals surface area contributed by atoms with Crippen LogP contribution in [0.3, 0.4) is 0 Å². The number of hydrogen-bond donors (Lipinski definition) is 2. The van der Waals surface area contributed by atoms with E-state index in [2.05, 4.69) is 15.5 Å². The van der Waals surface area contributed by atoms with E-state index in [1.807, 2.05) is 6.07 Å². The summed E-state index contributed by atoms with van der Waals surface area (Å²) in [6.07, 6.45) is 2.09. The lowest BCUT2D eigenvalue weighted by molar-refractivity contribution is -0.143. The molecule has 0 bridgehead atoms. The van der Waals surface area contributed by atoms with Gasteiger partial charge >= 0.3 is 11.9 Å². The topological polar surface area (TPSA) is 127 Å². The quantitative estimate of drug-likeness (QED) is 0.262. The number of nitrogens with zero attached hydrogens (tertiary/aromatic N) is 2. The van der Waals surface area contributed by atoms with Gasteiger partial charge in [-0.2, -0.15) is 5.10 Å². The van der Waals surface area contributed by atoms with Gasteiger partial charge in [-0.05, 0) is 31.0 Å². The molecule has 0 spiro atoms. The van der Waals surface area contributed by atoms with E-state index in [1.165, 1.54) is 6.21 Å². The van der Waals surface area contributed by atoms with Crippen LogP contribution in [0.4, 0.5) is 0 Å². The molecule has 2 N–H and O–H groups in total. The smallest absolute Gasteiger partial charge is 0.305 e. The van der Waals surface area contributed by atoms with E-state index in [4.69, 9.17) is 14.6 Å². The highest BCUT2D eigenvalue weighted by molar-refractivity contribution is 8.15. The first-order valence-corrected chi connectivity index (χ1v) is 9.54. The number of carboxylic acid groups (broad SMARTS) is 1. The first kappa shape index (κ1) is 21.4. The van der Waals surface area contributed by atoms with E-state index < -0.39 is 11.2 Å². The highest BCUT2D eigenvalue weighted by Gasteiger charge is 2.32. The molecule has 1 heterocycles. The Kier molecular flexibility index (Phi) is 8.47. The number of rotatable bonds is 10. The Balaban J connectivity index is 1.83. The second-order valence-electron chi connectivity index (χ2n) is 5.67. The van der Waals surface area contributed by atoms with Crippen molar-refractivity contribution in [2.24, 2.45) is 10.2 Å². The van der Waals surface area contributed by atoms with Crippen LogP contribution >= 0.6 is 11.8 Å². The van der Waals surface area contributed by atoms with Crippen molar-refractivity contribution in [3.8, 4) is 5.75 Å². The van der Waals surface area contributed by atoms with E-state index in [-0.39, 0.29) is 23.5 Å². The van der Waals surface area contributed by atoms with Crippen LogP contribution in [0.2, 0.25) is 0 Å². The third-order valence-corrected chi connectivity index (χ3v) is 4.52. The minimum Gasteiger partial charge on any atom is -0.494 e. The monoisotopic (exact) mass is 407 g/mol. The Morgan fingerprint density at radius 2 is 2.21 bits per heavy atom. The Hall–Kier alpha value is -2.88. The maximum absolute atomic E-state index is 11.6. The summed E-state index contributed by atoms with van der Waals surface area (Å²) >= 11 is 1.04. The van der Waals surface area contributed by atoms with Gasteiger partial charge in [-0.3, -0.25) is 14.4 Å². The Morgan fingerprint density at radius 1 is 1.39 bits per heavy atom. The number of thioether (sulfide) groups is 1. The van der Waals surface area contributed by atoms with Crippen molar-refractivity contribution in [3.05, 3.63) is 29.8 Å². The van der Waals surface area contributed by atoms with E-state index in [9.17, 15) is 14.4 Å². The summed E-state index contributed by atoms with van der Waals surface area (Å²) in [6.45, 7) is 2.52. The molecular weight excluding hydrogens is 386 g/mol. The SMILES string of the molecule is CCOC(=O)CCCOc1cccc(C=NN=C2NC(=O)C(CC(=O)O)S2)c1. The molecule has 2 rings (SSSR count). The number of hydrogen-bond acceptors (Lipinski definition) is 8. The van der Waals surface area contributed by atoms with Gasteiger partial charge in [0, 0.05) is 6.42 Å². The minimum absolute atomic E-state index is 0.242. The number of carbonyl (C=O) groups is 3.